The second-order valence-electron chi connectivity index (χ2n) is 3.08. The van der Waals surface area contributed by atoms with E-state index in [0.717, 1.165) is 0 Å². The number of nitrogens with zero attached hydrogens (tertiary/aromatic N) is 1. The number of aliphatic carboxylic acids is 1. The molecule has 0 bridgehead atoms. The van der Waals surface area contributed by atoms with Crippen molar-refractivity contribution in [3.8, 4) is 0 Å². The van der Waals surface area contributed by atoms with Crippen molar-refractivity contribution in [1.82, 2.24) is 4.90 Å². The van der Waals surface area contributed by atoms with Crippen LogP contribution in [0.25, 0.3) is 0 Å². The van der Waals surface area contributed by atoms with E-state index in [2.05, 4.69) is 0 Å². The number of carbonyl (C=O) groups is 2. The highest BCUT2D eigenvalue weighted by molar-refractivity contribution is 8.04. The molecule has 2 unspecified atom stereocenters. The van der Waals surface area contributed by atoms with E-state index in [9.17, 15) is 9.59 Å². The van der Waals surface area contributed by atoms with Gasteiger partial charge in [-0.2, -0.15) is 0 Å². The highest BCUT2D eigenvalue weighted by Gasteiger charge is 2.55. The van der Waals surface area contributed by atoms with E-state index in [0.29, 0.717) is 4.91 Å². The molecule has 14 heavy (non-hydrogen) atoms. The maximum absolute atomic E-state index is 11.4. The van der Waals surface area contributed by atoms with Crippen LogP contribution < -0.4 is 0 Å². The van der Waals surface area contributed by atoms with Gasteiger partial charge < -0.3 is 9.84 Å². The molecule has 2 heterocycles. The number of hydrogen-bond donors (Lipinski definition) is 1. The standard InChI is InChI=1S/C8H9NO4S/c1-3-4(8(11)12)9-6(10)5(13-2)7(9)14-3/h5,7H,1-2H3,(H,11,12). The largest absolute Gasteiger partial charge is 0.477 e. The molecule has 5 nitrogen and oxygen atoms in total. The Morgan fingerprint density at radius 2 is 2.29 bits per heavy atom. The van der Waals surface area contributed by atoms with Gasteiger partial charge in [0.1, 0.15) is 11.1 Å². The molecule has 2 rings (SSSR count). The minimum absolute atomic E-state index is 0.0956. The van der Waals surface area contributed by atoms with Crippen LogP contribution in [0.4, 0.5) is 0 Å². The van der Waals surface area contributed by atoms with Gasteiger partial charge in [-0.1, -0.05) is 11.8 Å². The third kappa shape index (κ3) is 1.01. The highest BCUT2D eigenvalue weighted by atomic mass is 32.2. The number of carboxylic acid groups (broad SMARTS) is 1. The Hall–Kier alpha value is -1.01. The topological polar surface area (TPSA) is 66.8 Å². The minimum atomic E-state index is -1.06. The maximum Gasteiger partial charge on any atom is 0.353 e. The molecule has 1 N–H and O–H groups in total. The number of methoxy groups -OCH3 is 1. The summed E-state index contributed by atoms with van der Waals surface area (Å²) in [6.07, 6.45) is -0.494. The van der Waals surface area contributed by atoms with Crippen molar-refractivity contribution in [1.29, 1.82) is 0 Å². The lowest BCUT2D eigenvalue weighted by molar-refractivity contribution is -0.161. The fraction of sp³-hybridized carbons (Fsp3) is 0.500. The van der Waals surface area contributed by atoms with Gasteiger partial charge in [-0.05, 0) is 6.92 Å². The fourth-order valence-corrected chi connectivity index (χ4v) is 2.99. The van der Waals surface area contributed by atoms with Gasteiger partial charge in [0.15, 0.2) is 6.10 Å². The van der Waals surface area contributed by atoms with Gasteiger partial charge in [-0.25, -0.2) is 4.79 Å². The van der Waals surface area contributed by atoms with Crippen LogP contribution in [0.5, 0.6) is 0 Å². The highest BCUT2D eigenvalue weighted by Crippen LogP contribution is 2.46. The van der Waals surface area contributed by atoms with E-state index in [4.69, 9.17) is 9.84 Å². The molecular weight excluding hydrogens is 206 g/mol. The van der Waals surface area contributed by atoms with Crippen molar-refractivity contribution in [3.05, 3.63) is 10.6 Å². The summed E-state index contributed by atoms with van der Waals surface area (Å²) in [7, 11) is 1.45. The van der Waals surface area contributed by atoms with Gasteiger partial charge in [0.25, 0.3) is 5.91 Å². The SMILES string of the molecule is COC1C(=O)N2C(C(=O)O)=C(C)SC12. The van der Waals surface area contributed by atoms with Gasteiger partial charge >= 0.3 is 5.97 Å². The summed E-state index contributed by atoms with van der Waals surface area (Å²) in [5.74, 6) is -1.32. The summed E-state index contributed by atoms with van der Waals surface area (Å²) >= 11 is 1.37. The number of amides is 1. The average molecular weight is 215 g/mol. The second-order valence-corrected chi connectivity index (χ2v) is 4.41. The Morgan fingerprint density at radius 3 is 2.79 bits per heavy atom. The Balaban J connectivity index is 2.27. The molecule has 1 fully saturated rings. The van der Waals surface area contributed by atoms with Crippen LogP contribution in [0.15, 0.2) is 10.6 Å². The predicted molar refractivity (Wildman–Crippen MR) is 49.4 cm³/mol. The summed E-state index contributed by atoms with van der Waals surface area (Å²) in [6.45, 7) is 1.70. The maximum atomic E-state index is 11.4. The van der Waals surface area contributed by atoms with Crippen LogP contribution in [-0.2, 0) is 14.3 Å². The molecule has 76 valence electrons. The van der Waals surface area contributed by atoms with Gasteiger partial charge in [0.05, 0.1) is 0 Å². The van der Waals surface area contributed by atoms with Crippen molar-refractivity contribution in [2.24, 2.45) is 0 Å². The van der Waals surface area contributed by atoms with Gasteiger partial charge in [-0.15, -0.1) is 0 Å². The molecule has 0 aliphatic carbocycles. The van der Waals surface area contributed by atoms with E-state index in [1.165, 1.54) is 23.8 Å². The first-order valence-corrected chi connectivity index (χ1v) is 4.92. The number of carbonyl (C=O) groups excluding carboxylic acids is 1. The first-order chi connectivity index (χ1) is 6.57. The Labute approximate surface area is 84.7 Å². The molecule has 2 aliphatic heterocycles. The van der Waals surface area contributed by atoms with Gasteiger partial charge in [-0.3, -0.25) is 9.69 Å². The van der Waals surface area contributed by atoms with Crippen LogP contribution in [0.3, 0.4) is 0 Å². The lowest BCUT2D eigenvalue weighted by atomic mass is 10.1. The zero-order chi connectivity index (χ0) is 10.5. The van der Waals surface area contributed by atoms with E-state index >= 15 is 0 Å². The van der Waals surface area contributed by atoms with Crippen LogP contribution >= 0.6 is 11.8 Å². The average Bonchev–Trinajstić information content (AvgIpc) is 2.40. The zero-order valence-electron chi connectivity index (χ0n) is 7.68. The third-order valence-corrected chi connectivity index (χ3v) is 3.57. The molecule has 0 aromatic carbocycles. The Morgan fingerprint density at radius 1 is 1.64 bits per heavy atom. The summed E-state index contributed by atoms with van der Waals surface area (Å²) in [4.78, 5) is 24.2. The molecule has 0 aromatic rings. The number of thioether (sulfide) groups is 1. The van der Waals surface area contributed by atoms with E-state index in [1.54, 1.807) is 6.92 Å². The number of fused-ring (bicyclic) bond motifs is 1. The molecule has 2 aliphatic rings. The summed E-state index contributed by atoms with van der Waals surface area (Å²) < 4.78 is 4.96. The van der Waals surface area contributed by atoms with Crippen molar-refractivity contribution < 1.29 is 19.4 Å². The monoisotopic (exact) mass is 215 g/mol. The molecule has 2 atom stereocenters. The molecule has 0 aromatic heterocycles. The molecular formula is C8H9NO4S. The summed E-state index contributed by atoms with van der Waals surface area (Å²) in [5.41, 5.74) is 0.0956. The number of carboxylic acids is 1. The van der Waals surface area contributed by atoms with Gasteiger partial charge in [0.2, 0.25) is 0 Å². The molecule has 1 amide bonds. The van der Waals surface area contributed by atoms with Crippen LogP contribution in [0, 0.1) is 0 Å². The first kappa shape index (κ1) is 9.54. The molecule has 6 heteroatoms. The zero-order valence-corrected chi connectivity index (χ0v) is 8.50. The Kier molecular flexibility index (Phi) is 2.04. The van der Waals surface area contributed by atoms with Crippen molar-refractivity contribution >= 4 is 23.6 Å². The third-order valence-electron chi connectivity index (χ3n) is 2.32. The van der Waals surface area contributed by atoms with Crippen molar-refractivity contribution in [2.75, 3.05) is 7.11 Å². The fourth-order valence-electron chi connectivity index (χ4n) is 1.67. The first-order valence-electron chi connectivity index (χ1n) is 4.04. The summed E-state index contributed by atoms with van der Waals surface area (Å²) in [5, 5.41) is 8.69. The second kappa shape index (κ2) is 2.99. The number of ether oxygens (including phenoxy) is 1. The minimum Gasteiger partial charge on any atom is -0.477 e. The lowest BCUT2D eigenvalue weighted by Gasteiger charge is -2.40. The number of rotatable bonds is 2. The predicted octanol–water partition coefficient (Wildman–Crippen LogP) is 0.233. The number of β-lactam (4-membered cyclic amide) rings is 1. The van der Waals surface area contributed by atoms with Crippen molar-refractivity contribution in [3.63, 3.8) is 0 Å². The molecule has 0 spiro atoms. The quantitative estimate of drug-likeness (QED) is 0.668. The van der Waals surface area contributed by atoms with Crippen LogP contribution in [0.2, 0.25) is 0 Å². The molecule has 1 saturated heterocycles. The van der Waals surface area contributed by atoms with Gasteiger partial charge in [0, 0.05) is 12.0 Å². The van der Waals surface area contributed by atoms with Crippen LogP contribution in [-0.4, -0.2) is 40.5 Å². The lowest BCUT2D eigenvalue weighted by Crippen LogP contribution is -2.61. The number of allylic oxidation sites excluding steroid dienone is 1. The Bertz CT molecular complexity index is 351. The normalized spacial score (nSPS) is 30.4. The van der Waals surface area contributed by atoms with E-state index in [-0.39, 0.29) is 17.0 Å². The summed E-state index contributed by atoms with van der Waals surface area (Å²) in [6, 6.07) is 0. The van der Waals surface area contributed by atoms with Crippen LogP contribution in [0.1, 0.15) is 6.92 Å². The smallest absolute Gasteiger partial charge is 0.353 e. The molecule has 0 radical (unpaired) electrons. The molecule has 0 saturated carbocycles. The number of hydrogen-bond acceptors (Lipinski definition) is 4. The van der Waals surface area contributed by atoms with E-state index in [1.807, 2.05) is 0 Å². The van der Waals surface area contributed by atoms with Crippen molar-refractivity contribution in [2.45, 2.75) is 18.4 Å². The van der Waals surface area contributed by atoms with E-state index < -0.39 is 12.1 Å².